The van der Waals surface area contributed by atoms with Gasteiger partial charge in [-0.1, -0.05) is 0 Å². The molecule has 0 atom stereocenters. The molecule has 0 aliphatic carbocycles. The number of aromatic nitrogens is 4. The van der Waals surface area contributed by atoms with Crippen molar-refractivity contribution >= 4 is 6.21 Å². The van der Waals surface area contributed by atoms with Crippen molar-refractivity contribution in [2.75, 3.05) is 0 Å². The maximum absolute atomic E-state index is 9.64. The predicted molar refractivity (Wildman–Crippen MR) is 31.9 cm³/mol. The van der Waals surface area contributed by atoms with Crippen LogP contribution >= 0.6 is 0 Å². The highest BCUT2D eigenvalue weighted by atomic mass is 16.7. The topological polar surface area (TPSA) is 122 Å². The molecule has 0 aromatic carbocycles. The Morgan fingerprint density at radius 2 is 2.64 bits per heavy atom. The first-order chi connectivity index (χ1) is 5.29. The van der Waals surface area contributed by atoms with Crippen molar-refractivity contribution in [1.29, 1.82) is 0 Å². The van der Waals surface area contributed by atoms with Gasteiger partial charge < -0.3 is 10.1 Å². The summed E-state index contributed by atoms with van der Waals surface area (Å²) in [7, 11) is 0. The molecule has 11 heavy (non-hydrogen) atoms. The van der Waals surface area contributed by atoms with Crippen LogP contribution in [0.3, 0.4) is 0 Å². The minimum absolute atomic E-state index is 0.166. The Morgan fingerprint density at radius 1 is 1.82 bits per heavy atom. The largest absolute Gasteiger partial charge is 0.339 e. The monoisotopic (exact) mass is 157 g/mol. The Labute approximate surface area is 59.6 Å². The van der Waals surface area contributed by atoms with E-state index < -0.39 is 5.03 Å². The van der Waals surface area contributed by atoms with Gasteiger partial charge in [0.05, 0.1) is 5.03 Å². The lowest BCUT2D eigenvalue weighted by Crippen LogP contribution is -2.14. The molecule has 0 radical (unpaired) electrons. The van der Waals surface area contributed by atoms with Crippen molar-refractivity contribution in [2.45, 2.75) is 0 Å². The van der Waals surface area contributed by atoms with Crippen LogP contribution in [0.5, 0.6) is 0 Å². The van der Waals surface area contributed by atoms with Crippen molar-refractivity contribution in [3.63, 3.8) is 0 Å². The van der Waals surface area contributed by atoms with Gasteiger partial charge in [-0.05, 0) is 10.7 Å². The molecule has 0 saturated heterocycles. The molecule has 0 unspecified atom stereocenters. The normalized spacial score (nSPS) is 10.2. The summed E-state index contributed by atoms with van der Waals surface area (Å²) in [6.07, 6.45) is 1.06. The third kappa shape index (κ3) is 2.34. The Balaban J connectivity index is 2.43. The highest BCUT2D eigenvalue weighted by molar-refractivity contribution is 5.73. The molecule has 0 fully saturated rings. The quantitative estimate of drug-likeness (QED) is 0.306. The second-order valence-corrected chi connectivity index (χ2v) is 1.39. The van der Waals surface area contributed by atoms with Gasteiger partial charge in [0.2, 0.25) is 12.0 Å². The van der Waals surface area contributed by atoms with E-state index in [4.69, 9.17) is 0 Å². The van der Waals surface area contributed by atoms with E-state index in [1.54, 1.807) is 5.53 Å². The lowest BCUT2D eigenvalue weighted by Gasteiger charge is -1.83. The number of hydrazine groups is 1. The molecular weight excluding hydrogens is 154 g/mol. The molecule has 1 aromatic rings. The number of hydrogen-bond donors (Lipinski definition) is 2. The maximum atomic E-state index is 9.64. The van der Waals surface area contributed by atoms with E-state index in [2.05, 4.69) is 25.7 Å². The van der Waals surface area contributed by atoms with Gasteiger partial charge in [0, 0.05) is 5.10 Å². The predicted octanol–water partition coefficient (Wildman–Crippen LogP) is -1.69. The molecule has 58 valence electrons. The summed E-state index contributed by atoms with van der Waals surface area (Å²) in [6, 6.07) is 0. The third-order valence-electron chi connectivity index (χ3n) is 0.681. The van der Waals surface area contributed by atoms with Crippen molar-refractivity contribution in [1.82, 2.24) is 26.2 Å². The van der Waals surface area contributed by atoms with Crippen LogP contribution in [0.4, 0.5) is 0 Å². The maximum Gasteiger partial charge on any atom is 0.243 e. The molecule has 0 saturated carbocycles. The zero-order chi connectivity index (χ0) is 8.10. The Morgan fingerprint density at radius 3 is 3.18 bits per heavy atom. The smallest absolute Gasteiger partial charge is 0.243 e. The van der Waals surface area contributed by atoms with Gasteiger partial charge in [0.15, 0.2) is 0 Å². The lowest BCUT2D eigenvalue weighted by molar-refractivity contribution is -0.544. The number of hydrogen-bond acceptors (Lipinski definition) is 6. The molecule has 0 amide bonds. The van der Waals surface area contributed by atoms with E-state index in [9.17, 15) is 10.1 Å². The molecule has 1 rings (SSSR count). The van der Waals surface area contributed by atoms with E-state index in [0.717, 1.165) is 6.21 Å². The Bertz CT molecular complexity index is 251. The first-order valence-electron chi connectivity index (χ1n) is 2.45. The number of rotatable bonds is 3. The molecule has 9 heteroatoms. The van der Waals surface area contributed by atoms with Crippen LogP contribution in [-0.2, 0) is 0 Å². The van der Waals surface area contributed by atoms with Crippen LogP contribution in [-0.4, -0.2) is 31.9 Å². The summed E-state index contributed by atoms with van der Waals surface area (Å²) >= 11 is 0. The zero-order valence-corrected chi connectivity index (χ0v) is 5.13. The van der Waals surface area contributed by atoms with Crippen LogP contribution in [0, 0.1) is 10.1 Å². The Kier molecular flexibility index (Phi) is 2.05. The van der Waals surface area contributed by atoms with Crippen molar-refractivity contribution < 1.29 is 5.03 Å². The second-order valence-electron chi connectivity index (χ2n) is 1.39. The van der Waals surface area contributed by atoms with Gasteiger partial charge in [-0.2, -0.15) is 5.21 Å². The first-order valence-corrected chi connectivity index (χ1v) is 2.45. The average Bonchev–Trinajstić information content (AvgIpc) is 2.39. The van der Waals surface area contributed by atoms with Crippen LogP contribution in [0.15, 0.2) is 5.10 Å². The van der Waals surface area contributed by atoms with Gasteiger partial charge >= 0.3 is 0 Å². The summed E-state index contributed by atoms with van der Waals surface area (Å²) in [5, 5.41) is 24.2. The number of nitrogens with one attached hydrogen (secondary N) is 2. The molecule has 1 heterocycles. The molecule has 9 nitrogen and oxygen atoms in total. The molecule has 0 aliphatic heterocycles. The molecule has 1 aromatic heterocycles. The van der Waals surface area contributed by atoms with Gasteiger partial charge in [-0.25, -0.2) is 0 Å². The fraction of sp³-hybridized carbons (Fsp3) is 0. The van der Waals surface area contributed by atoms with Crippen molar-refractivity contribution in [3.05, 3.63) is 15.9 Å². The van der Waals surface area contributed by atoms with E-state index in [1.807, 2.05) is 0 Å². The summed E-state index contributed by atoms with van der Waals surface area (Å²) in [4.78, 5) is 9.64. The van der Waals surface area contributed by atoms with E-state index in [1.165, 1.54) is 0 Å². The zero-order valence-electron chi connectivity index (χ0n) is 5.13. The lowest BCUT2D eigenvalue weighted by atomic mass is 10.7. The van der Waals surface area contributed by atoms with Crippen LogP contribution in [0.2, 0.25) is 0 Å². The van der Waals surface area contributed by atoms with Crippen LogP contribution < -0.4 is 5.53 Å². The summed E-state index contributed by atoms with van der Waals surface area (Å²) in [5.74, 6) is 0.166. The molecule has 0 aliphatic rings. The number of H-pyrrole nitrogens is 1. The van der Waals surface area contributed by atoms with Gasteiger partial charge in [-0.15, -0.1) is 10.2 Å². The van der Waals surface area contributed by atoms with Crippen LogP contribution in [0.1, 0.15) is 5.82 Å². The van der Waals surface area contributed by atoms with Crippen molar-refractivity contribution in [2.24, 2.45) is 5.10 Å². The fourth-order valence-electron chi connectivity index (χ4n) is 0.358. The number of aromatic amines is 1. The van der Waals surface area contributed by atoms with E-state index in [-0.39, 0.29) is 5.82 Å². The summed E-state index contributed by atoms with van der Waals surface area (Å²) < 4.78 is 0. The standard InChI is InChI=1S/C2H3N7O2/c10-9(11)8-3-1-2-4-6-7-5-2/h1,8H,(H,4,5,6,7). The summed E-state index contributed by atoms with van der Waals surface area (Å²) in [6.45, 7) is 0. The highest BCUT2D eigenvalue weighted by Crippen LogP contribution is 1.72. The molecule has 0 spiro atoms. The molecular formula is C2H3N7O2. The van der Waals surface area contributed by atoms with Crippen molar-refractivity contribution in [3.8, 4) is 0 Å². The minimum atomic E-state index is -0.809. The van der Waals surface area contributed by atoms with Gasteiger partial charge in [-0.3, -0.25) is 0 Å². The Hall–Kier alpha value is -2.06. The number of nitro groups is 1. The number of nitrogens with zero attached hydrogens (tertiary/aromatic N) is 5. The van der Waals surface area contributed by atoms with Gasteiger partial charge in [0.25, 0.3) is 0 Å². The number of tetrazole rings is 1. The second kappa shape index (κ2) is 3.20. The molecule has 2 N–H and O–H groups in total. The summed E-state index contributed by atoms with van der Waals surface area (Å²) in [5.41, 5.74) is 1.55. The fourth-order valence-corrected chi connectivity index (χ4v) is 0.358. The number of hydrazone groups is 1. The minimum Gasteiger partial charge on any atom is -0.339 e. The van der Waals surface area contributed by atoms with E-state index >= 15 is 0 Å². The third-order valence-corrected chi connectivity index (χ3v) is 0.681. The van der Waals surface area contributed by atoms with Crippen LogP contribution in [0.25, 0.3) is 0 Å². The first kappa shape index (κ1) is 7.05. The molecule has 0 bridgehead atoms. The van der Waals surface area contributed by atoms with Gasteiger partial charge in [0.1, 0.15) is 0 Å². The highest BCUT2D eigenvalue weighted by Gasteiger charge is 1.94. The van der Waals surface area contributed by atoms with E-state index in [0.29, 0.717) is 0 Å². The SMILES string of the molecule is O=[N+]([O-])NN=Cc1nn[nH]n1. The average molecular weight is 157 g/mol.